The van der Waals surface area contributed by atoms with Crippen molar-refractivity contribution in [3.63, 3.8) is 0 Å². The fraction of sp³-hybridized carbons (Fsp3) is 0.400. The van der Waals surface area contributed by atoms with Crippen molar-refractivity contribution in [3.8, 4) is 5.75 Å². The first-order chi connectivity index (χ1) is 10.8. The van der Waals surface area contributed by atoms with Crippen LogP contribution in [0.15, 0.2) is 54.6 Å². The SMILES string of the molecule is CC(C)(C)[Si](C)(C)Oc1cccc([C@H]2O[C@@H]2c2ccccc2)c1. The molecule has 1 aliphatic heterocycles. The van der Waals surface area contributed by atoms with Crippen LogP contribution in [0, 0.1) is 0 Å². The Morgan fingerprint density at radius 3 is 2.13 bits per heavy atom. The summed E-state index contributed by atoms with van der Waals surface area (Å²) >= 11 is 0. The van der Waals surface area contributed by atoms with E-state index in [2.05, 4.69) is 82.4 Å². The molecule has 1 heterocycles. The van der Waals surface area contributed by atoms with Crippen LogP contribution in [0.1, 0.15) is 44.1 Å². The van der Waals surface area contributed by atoms with Gasteiger partial charge in [-0.3, -0.25) is 0 Å². The predicted molar refractivity (Wildman–Crippen MR) is 97.3 cm³/mol. The van der Waals surface area contributed by atoms with Crippen LogP contribution in [0.4, 0.5) is 0 Å². The van der Waals surface area contributed by atoms with Crippen molar-refractivity contribution in [2.24, 2.45) is 0 Å². The third kappa shape index (κ3) is 3.51. The van der Waals surface area contributed by atoms with Gasteiger partial charge in [0.25, 0.3) is 0 Å². The molecule has 1 aliphatic rings. The van der Waals surface area contributed by atoms with E-state index in [1.54, 1.807) is 0 Å². The minimum absolute atomic E-state index is 0.153. The smallest absolute Gasteiger partial charge is 0.250 e. The second-order valence-corrected chi connectivity index (χ2v) is 12.5. The maximum absolute atomic E-state index is 6.41. The van der Waals surface area contributed by atoms with Gasteiger partial charge in [-0.1, -0.05) is 63.2 Å². The summed E-state index contributed by atoms with van der Waals surface area (Å²) in [5.41, 5.74) is 2.45. The van der Waals surface area contributed by atoms with Crippen molar-refractivity contribution in [2.75, 3.05) is 0 Å². The average molecular weight is 327 g/mol. The van der Waals surface area contributed by atoms with E-state index >= 15 is 0 Å². The molecule has 0 amide bonds. The molecular formula is C20H26O2Si. The van der Waals surface area contributed by atoms with Crippen LogP contribution < -0.4 is 4.43 Å². The summed E-state index contributed by atoms with van der Waals surface area (Å²) in [4.78, 5) is 0. The number of hydrogen-bond acceptors (Lipinski definition) is 2. The molecule has 23 heavy (non-hydrogen) atoms. The van der Waals surface area contributed by atoms with Gasteiger partial charge in [-0.05, 0) is 41.4 Å². The fourth-order valence-corrected chi connectivity index (χ4v) is 3.49. The lowest BCUT2D eigenvalue weighted by Crippen LogP contribution is -2.43. The quantitative estimate of drug-likeness (QED) is 0.516. The van der Waals surface area contributed by atoms with Crippen LogP contribution in [-0.4, -0.2) is 8.32 Å². The standard InChI is InChI=1S/C20H26O2Si/c1-20(2,3)23(4,5)22-17-13-9-12-16(14-17)19-18(21-19)15-10-7-6-8-11-15/h6-14,18-19H,1-5H3/t18-,19-/m1/s1. The summed E-state index contributed by atoms with van der Waals surface area (Å²) in [6, 6.07) is 18.8. The van der Waals surface area contributed by atoms with E-state index in [1.165, 1.54) is 11.1 Å². The second kappa shape index (κ2) is 5.80. The summed E-state index contributed by atoms with van der Waals surface area (Å²) in [5.74, 6) is 0.969. The summed E-state index contributed by atoms with van der Waals surface area (Å²) in [6.45, 7) is 11.3. The van der Waals surface area contributed by atoms with Crippen LogP contribution in [0.3, 0.4) is 0 Å². The van der Waals surface area contributed by atoms with Gasteiger partial charge >= 0.3 is 0 Å². The Bertz CT molecular complexity index is 674. The van der Waals surface area contributed by atoms with Gasteiger partial charge in [0.2, 0.25) is 8.32 Å². The summed E-state index contributed by atoms with van der Waals surface area (Å²) < 4.78 is 12.3. The Kier molecular flexibility index (Phi) is 4.11. The zero-order valence-electron chi connectivity index (χ0n) is 14.7. The molecular weight excluding hydrogens is 300 g/mol. The lowest BCUT2D eigenvalue weighted by atomic mass is 10.0. The Hall–Kier alpha value is -1.58. The first-order valence-corrected chi connectivity index (χ1v) is 11.2. The highest BCUT2D eigenvalue weighted by atomic mass is 28.4. The minimum Gasteiger partial charge on any atom is -0.543 e. The third-order valence-corrected chi connectivity index (χ3v) is 9.34. The first-order valence-electron chi connectivity index (χ1n) is 8.27. The minimum atomic E-state index is -1.80. The van der Waals surface area contributed by atoms with Gasteiger partial charge in [-0.2, -0.15) is 0 Å². The van der Waals surface area contributed by atoms with Crippen molar-refractivity contribution < 1.29 is 9.16 Å². The molecule has 2 aromatic carbocycles. The Morgan fingerprint density at radius 1 is 0.870 bits per heavy atom. The predicted octanol–water partition coefficient (Wildman–Crippen LogP) is 5.88. The molecule has 2 atom stereocenters. The van der Waals surface area contributed by atoms with Crippen molar-refractivity contribution in [3.05, 3.63) is 65.7 Å². The molecule has 0 N–H and O–H groups in total. The van der Waals surface area contributed by atoms with Gasteiger partial charge < -0.3 is 9.16 Å². The number of ether oxygens (including phenoxy) is 1. The van der Waals surface area contributed by atoms with Gasteiger partial charge in [0.05, 0.1) is 0 Å². The molecule has 0 saturated carbocycles. The van der Waals surface area contributed by atoms with Crippen molar-refractivity contribution in [1.82, 2.24) is 0 Å². The molecule has 1 saturated heterocycles. The van der Waals surface area contributed by atoms with Crippen LogP contribution in [0.2, 0.25) is 18.1 Å². The largest absolute Gasteiger partial charge is 0.543 e. The number of rotatable bonds is 4. The zero-order valence-corrected chi connectivity index (χ0v) is 15.7. The zero-order chi connectivity index (χ0) is 16.7. The van der Waals surface area contributed by atoms with Crippen molar-refractivity contribution >= 4 is 8.32 Å². The van der Waals surface area contributed by atoms with Crippen molar-refractivity contribution in [1.29, 1.82) is 0 Å². The Balaban J connectivity index is 1.75. The third-order valence-electron chi connectivity index (χ3n) is 4.99. The van der Waals surface area contributed by atoms with E-state index < -0.39 is 8.32 Å². The van der Waals surface area contributed by atoms with Gasteiger partial charge in [-0.25, -0.2) is 0 Å². The maximum Gasteiger partial charge on any atom is 0.250 e. The molecule has 3 heteroatoms. The van der Waals surface area contributed by atoms with Gasteiger partial charge in [0.15, 0.2) is 0 Å². The normalized spacial score (nSPS) is 21.1. The molecule has 2 aromatic rings. The van der Waals surface area contributed by atoms with E-state index in [1.807, 2.05) is 6.07 Å². The maximum atomic E-state index is 6.41. The molecule has 0 unspecified atom stereocenters. The fourth-order valence-electron chi connectivity index (χ4n) is 2.46. The van der Waals surface area contributed by atoms with E-state index in [9.17, 15) is 0 Å². The highest BCUT2D eigenvalue weighted by Gasteiger charge is 2.42. The molecule has 2 nitrogen and oxygen atoms in total. The summed E-state index contributed by atoms with van der Waals surface area (Å²) in [5, 5.41) is 0.200. The van der Waals surface area contributed by atoms with Gasteiger partial charge in [0.1, 0.15) is 18.0 Å². The van der Waals surface area contributed by atoms with Gasteiger partial charge in [0, 0.05) is 0 Å². The van der Waals surface area contributed by atoms with E-state index in [4.69, 9.17) is 9.16 Å². The molecule has 0 radical (unpaired) electrons. The molecule has 0 bridgehead atoms. The number of epoxide rings is 1. The van der Waals surface area contributed by atoms with E-state index in [0.717, 1.165) is 5.75 Å². The molecule has 0 spiro atoms. The number of hydrogen-bond donors (Lipinski definition) is 0. The van der Waals surface area contributed by atoms with Crippen LogP contribution >= 0.6 is 0 Å². The molecule has 0 aliphatic carbocycles. The molecule has 1 fully saturated rings. The molecule has 0 aromatic heterocycles. The van der Waals surface area contributed by atoms with Crippen molar-refractivity contribution in [2.45, 2.75) is 51.1 Å². The lowest BCUT2D eigenvalue weighted by molar-refractivity contribution is 0.377. The summed E-state index contributed by atoms with van der Waals surface area (Å²) in [6.07, 6.45) is 0.333. The highest BCUT2D eigenvalue weighted by Crippen LogP contribution is 2.51. The average Bonchev–Trinajstić information content (AvgIpc) is 3.27. The molecule has 3 rings (SSSR count). The lowest BCUT2D eigenvalue weighted by Gasteiger charge is -2.36. The number of benzene rings is 2. The Morgan fingerprint density at radius 2 is 1.48 bits per heavy atom. The highest BCUT2D eigenvalue weighted by molar-refractivity contribution is 6.74. The van der Waals surface area contributed by atoms with E-state index in [0.29, 0.717) is 0 Å². The monoisotopic (exact) mass is 326 g/mol. The summed E-state index contributed by atoms with van der Waals surface area (Å²) in [7, 11) is -1.80. The Labute approximate surface area is 140 Å². The van der Waals surface area contributed by atoms with Crippen LogP contribution in [0.25, 0.3) is 0 Å². The molecule has 122 valence electrons. The van der Waals surface area contributed by atoms with E-state index in [-0.39, 0.29) is 17.2 Å². The first kappa shape index (κ1) is 16.3. The van der Waals surface area contributed by atoms with Gasteiger partial charge in [-0.15, -0.1) is 0 Å². The topological polar surface area (TPSA) is 21.8 Å². The van der Waals surface area contributed by atoms with Crippen LogP contribution in [0.5, 0.6) is 5.75 Å². The second-order valence-electron chi connectivity index (χ2n) is 7.82. The van der Waals surface area contributed by atoms with Crippen LogP contribution in [-0.2, 0) is 4.74 Å².